The molecule has 0 aromatic carbocycles. The quantitative estimate of drug-likeness (QED) is 0.329. The van der Waals surface area contributed by atoms with Gasteiger partial charge in [0.05, 0.1) is 13.2 Å². The van der Waals surface area contributed by atoms with E-state index >= 15 is 0 Å². The molecule has 1 aliphatic rings. The molecule has 1 fully saturated rings. The summed E-state index contributed by atoms with van der Waals surface area (Å²) in [5.41, 5.74) is -1.06. The van der Waals surface area contributed by atoms with Gasteiger partial charge in [0.25, 0.3) is 0 Å². The average molecular weight is 369 g/mol. The van der Waals surface area contributed by atoms with Gasteiger partial charge in [-0.3, -0.25) is 9.59 Å². The number of hydrogen-bond donors (Lipinski definition) is 0. The van der Waals surface area contributed by atoms with Crippen molar-refractivity contribution in [2.45, 2.75) is 98.3 Å². The van der Waals surface area contributed by atoms with Crippen molar-refractivity contribution < 1.29 is 19.1 Å². The summed E-state index contributed by atoms with van der Waals surface area (Å²) >= 11 is 0. The van der Waals surface area contributed by atoms with Gasteiger partial charge >= 0.3 is 11.9 Å². The van der Waals surface area contributed by atoms with Gasteiger partial charge in [0.15, 0.2) is 5.41 Å². The minimum absolute atomic E-state index is 0.347. The van der Waals surface area contributed by atoms with Gasteiger partial charge in [0.1, 0.15) is 0 Å². The first-order chi connectivity index (χ1) is 12.5. The third-order valence-corrected chi connectivity index (χ3v) is 5.94. The summed E-state index contributed by atoms with van der Waals surface area (Å²) in [5, 5.41) is 0. The molecule has 0 aromatic heterocycles. The van der Waals surface area contributed by atoms with E-state index in [1.165, 1.54) is 0 Å². The summed E-state index contributed by atoms with van der Waals surface area (Å²) in [7, 11) is 0. The molecule has 0 aliphatic heterocycles. The van der Waals surface area contributed by atoms with Crippen LogP contribution in [0.25, 0.3) is 0 Å². The molecule has 0 spiro atoms. The molecule has 26 heavy (non-hydrogen) atoms. The highest BCUT2D eigenvalue weighted by atomic mass is 16.6. The van der Waals surface area contributed by atoms with Crippen LogP contribution in [0.1, 0.15) is 98.3 Å². The van der Waals surface area contributed by atoms with Gasteiger partial charge in [-0.2, -0.15) is 0 Å². The van der Waals surface area contributed by atoms with E-state index in [4.69, 9.17) is 9.47 Å². The van der Waals surface area contributed by atoms with E-state index in [9.17, 15) is 9.59 Å². The second-order valence-corrected chi connectivity index (χ2v) is 7.97. The van der Waals surface area contributed by atoms with Crippen molar-refractivity contribution in [2.75, 3.05) is 13.2 Å². The molecule has 0 saturated heterocycles. The minimum atomic E-state index is -1.06. The molecule has 1 rings (SSSR count). The predicted molar refractivity (Wildman–Crippen MR) is 105 cm³/mol. The van der Waals surface area contributed by atoms with E-state index in [0.29, 0.717) is 37.9 Å². The number of esters is 2. The Kier molecular flexibility index (Phi) is 10.9. The van der Waals surface area contributed by atoms with Gasteiger partial charge in [0.2, 0.25) is 0 Å². The van der Waals surface area contributed by atoms with Crippen LogP contribution in [0.4, 0.5) is 0 Å². The molecule has 1 saturated carbocycles. The lowest BCUT2D eigenvalue weighted by Crippen LogP contribution is -2.44. The van der Waals surface area contributed by atoms with Crippen LogP contribution in [-0.4, -0.2) is 25.2 Å². The first kappa shape index (κ1) is 23.0. The van der Waals surface area contributed by atoms with Gasteiger partial charge in [-0.1, -0.05) is 72.6 Å². The Morgan fingerprint density at radius 2 is 1.19 bits per heavy atom. The van der Waals surface area contributed by atoms with Crippen molar-refractivity contribution in [1.82, 2.24) is 0 Å². The van der Waals surface area contributed by atoms with E-state index in [-0.39, 0.29) is 11.9 Å². The Hall–Kier alpha value is -1.06. The SMILES string of the molecule is CCCC(CC)COC(=O)C1(C(=O)OCC(CC)CCC)CCCCC1. The zero-order valence-corrected chi connectivity index (χ0v) is 17.5. The van der Waals surface area contributed by atoms with Gasteiger partial charge < -0.3 is 9.47 Å². The lowest BCUT2D eigenvalue weighted by molar-refractivity contribution is -0.177. The highest BCUT2D eigenvalue weighted by Crippen LogP contribution is 2.39. The van der Waals surface area contributed by atoms with Crippen LogP contribution in [0.5, 0.6) is 0 Å². The molecule has 2 atom stereocenters. The second kappa shape index (κ2) is 12.3. The van der Waals surface area contributed by atoms with Crippen LogP contribution >= 0.6 is 0 Å². The molecular formula is C22H40O4. The predicted octanol–water partition coefficient (Wildman–Crippen LogP) is 5.68. The maximum Gasteiger partial charge on any atom is 0.323 e. The zero-order chi connectivity index (χ0) is 19.4. The van der Waals surface area contributed by atoms with Crippen molar-refractivity contribution in [3.05, 3.63) is 0 Å². The fourth-order valence-electron chi connectivity index (χ4n) is 3.94. The molecule has 0 heterocycles. The zero-order valence-electron chi connectivity index (χ0n) is 17.5. The van der Waals surface area contributed by atoms with Crippen LogP contribution in [0, 0.1) is 17.3 Å². The van der Waals surface area contributed by atoms with E-state index in [1.807, 2.05) is 0 Å². The summed E-state index contributed by atoms with van der Waals surface area (Å²) in [6.07, 6.45) is 10.3. The van der Waals surface area contributed by atoms with Crippen molar-refractivity contribution >= 4 is 11.9 Å². The van der Waals surface area contributed by atoms with E-state index < -0.39 is 5.41 Å². The van der Waals surface area contributed by atoms with Crippen LogP contribution in [0.3, 0.4) is 0 Å². The molecule has 0 aromatic rings. The fourth-order valence-corrected chi connectivity index (χ4v) is 3.94. The van der Waals surface area contributed by atoms with Gasteiger partial charge in [-0.25, -0.2) is 0 Å². The first-order valence-corrected chi connectivity index (χ1v) is 10.9. The number of rotatable bonds is 12. The third kappa shape index (κ3) is 6.59. The maximum absolute atomic E-state index is 12.9. The summed E-state index contributed by atoms with van der Waals surface area (Å²) in [4.78, 5) is 25.8. The number of carbonyl (C=O) groups excluding carboxylic acids is 2. The molecule has 0 radical (unpaired) electrons. The molecule has 0 amide bonds. The van der Waals surface area contributed by atoms with E-state index in [1.54, 1.807) is 0 Å². The summed E-state index contributed by atoms with van der Waals surface area (Å²) in [6, 6.07) is 0. The van der Waals surface area contributed by atoms with Crippen LogP contribution < -0.4 is 0 Å². The topological polar surface area (TPSA) is 52.6 Å². The first-order valence-electron chi connectivity index (χ1n) is 10.9. The van der Waals surface area contributed by atoms with Gasteiger partial charge in [-0.15, -0.1) is 0 Å². The monoisotopic (exact) mass is 368 g/mol. The van der Waals surface area contributed by atoms with Crippen molar-refractivity contribution in [3.8, 4) is 0 Å². The molecule has 4 heteroatoms. The largest absolute Gasteiger partial charge is 0.465 e. The smallest absolute Gasteiger partial charge is 0.323 e. The van der Waals surface area contributed by atoms with E-state index in [0.717, 1.165) is 57.8 Å². The Morgan fingerprint density at radius 3 is 1.54 bits per heavy atom. The van der Waals surface area contributed by atoms with Crippen molar-refractivity contribution in [1.29, 1.82) is 0 Å². The lowest BCUT2D eigenvalue weighted by atomic mass is 9.74. The Labute approximate surface area is 160 Å². The number of carbonyl (C=O) groups is 2. The standard InChI is InChI=1S/C22H40O4/c1-5-12-18(7-3)16-25-20(23)22(14-10-9-11-15-22)21(24)26-17-19(8-4)13-6-2/h18-19H,5-17H2,1-4H3. The maximum atomic E-state index is 12.9. The summed E-state index contributed by atoms with van der Waals surface area (Å²) < 4.78 is 11.3. The number of hydrogen-bond acceptors (Lipinski definition) is 4. The Balaban J connectivity index is 2.72. The normalized spacial score (nSPS) is 18.8. The van der Waals surface area contributed by atoms with Crippen LogP contribution in [0.2, 0.25) is 0 Å². The average Bonchev–Trinajstić information content (AvgIpc) is 2.68. The molecular weight excluding hydrogens is 328 g/mol. The molecule has 1 aliphatic carbocycles. The lowest BCUT2D eigenvalue weighted by Gasteiger charge is -2.33. The molecule has 152 valence electrons. The van der Waals surface area contributed by atoms with Crippen LogP contribution in [-0.2, 0) is 19.1 Å². The summed E-state index contributed by atoms with van der Waals surface area (Å²) in [6.45, 7) is 9.38. The molecule has 0 N–H and O–H groups in total. The van der Waals surface area contributed by atoms with Gasteiger partial charge in [0, 0.05) is 0 Å². The van der Waals surface area contributed by atoms with Crippen molar-refractivity contribution in [3.63, 3.8) is 0 Å². The highest BCUT2D eigenvalue weighted by molar-refractivity contribution is 6.00. The molecule has 4 nitrogen and oxygen atoms in total. The number of ether oxygens (including phenoxy) is 2. The molecule has 0 bridgehead atoms. The minimum Gasteiger partial charge on any atom is -0.465 e. The van der Waals surface area contributed by atoms with Gasteiger partial charge in [-0.05, 0) is 37.5 Å². The Bertz CT molecular complexity index is 380. The Morgan fingerprint density at radius 1 is 0.769 bits per heavy atom. The second-order valence-electron chi connectivity index (χ2n) is 7.97. The van der Waals surface area contributed by atoms with Crippen molar-refractivity contribution in [2.24, 2.45) is 17.3 Å². The summed E-state index contributed by atoms with van der Waals surface area (Å²) in [5.74, 6) is 0.0739. The third-order valence-electron chi connectivity index (χ3n) is 5.94. The van der Waals surface area contributed by atoms with E-state index in [2.05, 4.69) is 27.7 Å². The highest BCUT2D eigenvalue weighted by Gasteiger charge is 2.49. The fraction of sp³-hybridized carbons (Fsp3) is 0.909. The molecule has 2 unspecified atom stereocenters. The van der Waals surface area contributed by atoms with Crippen LogP contribution in [0.15, 0.2) is 0 Å².